The number of nitrogens with zero attached hydrogens (tertiary/aromatic N) is 1. The van der Waals surface area contributed by atoms with Crippen molar-refractivity contribution in [2.24, 2.45) is 0 Å². The smallest absolute Gasteiger partial charge is 0.419 e. The molecule has 1 N–H and O–H groups in total. The Balaban J connectivity index is 0.000000302. The standard InChI is InChI=1S/C8H18O.C3H5NO3S/c1-7(2,3)9-8(4,5)6;5-3(6)4-1-2-7-8-4/h1-6H3;1-2H2,(H,5,6). The summed E-state index contributed by atoms with van der Waals surface area (Å²) in [6, 6.07) is 0. The van der Waals surface area contributed by atoms with Crippen molar-refractivity contribution in [1.29, 1.82) is 0 Å². The molecule has 0 radical (unpaired) electrons. The lowest BCUT2D eigenvalue weighted by atomic mass is 10.1. The molecule has 1 amide bonds. The summed E-state index contributed by atoms with van der Waals surface area (Å²) < 4.78 is 11.4. The third-order valence-corrected chi connectivity index (χ3v) is 2.14. The SMILES string of the molecule is CC(C)(C)OC(C)(C)C.O=C(O)N1CCOS1. The highest BCUT2D eigenvalue weighted by molar-refractivity contribution is 7.93. The third-order valence-electron chi connectivity index (χ3n) is 1.35. The molecule has 102 valence electrons. The van der Waals surface area contributed by atoms with E-state index in [0.717, 1.165) is 16.5 Å². The molecular formula is C11H23NO4S. The second kappa shape index (κ2) is 6.47. The van der Waals surface area contributed by atoms with E-state index >= 15 is 0 Å². The van der Waals surface area contributed by atoms with Crippen LogP contribution in [0.15, 0.2) is 0 Å². The lowest BCUT2D eigenvalue weighted by molar-refractivity contribution is -0.102. The van der Waals surface area contributed by atoms with Gasteiger partial charge in [0, 0.05) is 0 Å². The zero-order valence-electron chi connectivity index (χ0n) is 11.4. The maximum Gasteiger partial charge on any atom is 0.419 e. The minimum absolute atomic E-state index is 0.0156. The molecule has 0 aromatic carbocycles. The van der Waals surface area contributed by atoms with Crippen molar-refractivity contribution in [3.05, 3.63) is 0 Å². The van der Waals surface area contributed by atoms with Gasteiger partial charge in [0.05, 0.1) is 24.4 Å². The summed E-state index contributed by atoms with van der Waals surface area (Å²) in [5.41, 5.74) is -0.0312. The molecular weight excluding hydrogens is 242 g/mol. The van der Waals surface area contributed by atoms with E-state index in [1.165, 1.54) is 0 Å². The molecule has 1 heterocycles. The molecule has 6 heteroatoms. The molecule has 1 rings (SSSR count). The van der Waals surface area contributed by atoms with Crippen LogP contribution in [-0.4, -0.2) is 39.9 Å². The van der Waals surface area contributed by atoms with Gasteiger partial charge in [-0.3, -0.25) is 4.18 Å². The summed E-state index contributed by atoms with van der Waals surface area (Å²) >= 11 is 0.884. The Hall–Kier alpha value is -0.460. The molecule has 1 fully saturated rings. The van der Waals surface area contributed by atoms with Crippen LogP contribution in [0.1, 0.15) is 41.5 Å². The Morgan fingerprint density at radius 2 is 1.71 bits per heavy atom. The predicted molar refractivity (Wildman–Crippen MR) is 68.9 cm³/mol. The summed E-state index contributed by atoms with van der Waals surface area (Å²) in [5, 5.41) is 8.24. The van der Waals surface area contributed by atoms with Crippen LogP contribution >= 0.6 is 12.2 Å². The summed E-state index contributed by atoms with van der Waals surface area (Å²) in [5.74, 6) is 0. The van der Waals surface area contributed by atoms with Crippen LogP contribution in [0.3, 0.4) is 0 Å². The topological polar surface area (TPSA) is 59.0 Å². The number of ether oxygens (including phenoxy) is 1. The van der Waals surface area contributed by atoms with Gasteiger partial charge in [0.25, 0.3) is 0 Å². The summed E-state index contributed by atoms with van der Waals surface area (Å²) in [6.45, 7) is 13.4. The fourth-order valence-corrected chi connectivity index (χ4v) is 1.79. The number of carbonyl (C=O) groups is 1. The second-order valence-corrected chi connectivity index (χ2v) is 6.43. The summed E-state index contributed by atoms with van der Waals surface area (Å²) in [6.07, 6.45) is -0.938. The molecule has 0 aromatic rings. The zero-order valence-corrected chi connectivity index (χ0v) is 12.3. The van der Waals surface area contributed by atoms with Crippen molar-refractivity contribution in [1.82, 2.24) is 4.31 Å². The van der Waals surface area contributed by atoms with Crippen LogP contribution < -0.4 is 0 Å². The van der Waals surface area contributed by atoms with Gasteiger partial charge in [-0.25, -0.2) is 9.10 Å². The minimum atomic E-state index is -0.938. The first-order valence-corrected chi connectivity index (χ1v) is 6.21. The predicted octanol–water partition coefficient (Wildman–Crippen LogP) is 3.16. The average molecular weight is 265 g/mol. The first kappa shape index (κ1) is 16.5. The van der Waals surface area contributed by atoms with E-state index in [2.05, 4.69) is 45.7 Å². The van der Waals surface area contributed by atoms with Gasteiger partial charge < -0.3 is 9.84 Å². The first-order chi connectivity index (χ1) is 7.51. The summed E-state index contributed by atoms with van der Waals surface area (Å²) in [7, 11) is 0. The van der Waals surface area contributed by atoms with E-state index in [4.69, 9.17) is 9.84 Å². The van der Waals surface area contributed by atoms with Gasteiger partial charge in [-0.15, -0.1) is 0 Å². The molecule has 0 saturated carbocycles. The van der Waals surface area contributed by atoms with Crippen LogP contribution in [0.25, 0.3) is 0 Å². The molecule has 0 aromatic heterocycles. The number of amides is 1. The highest BCUT2D eigenvalue weighted by atomic mass is 32.2. The molecule has 0 bridgehead atoms. The van der Waals surface area contributed by atoms with Crippen molar-refractivity contribution in [2.45, 2.75) is 52.7 Å². The van der Waals surface area contributed by atoms with E-state index in [1.54, 1.807) is 0 Å². The van der Waals surface area contributed by atoms with Crippen LogP contribution in [0.5, 0.6) is 0 Å². The van der Waals surface area contributed by atoms with Crippen molar-refractivity contribution in [3.8, 4) is 0 Å². The van der Waals surface area contributed by atoms with Crippen molar-refractivity contribution in [3.63, 3.8) is 0 Å². The molecule has 0 aliphatic carbocycles. The van der Waals surface area contributed by atoms with Gasteiger partial charge in [-0.05, 0) is 41.5 Å². The Kier molecular flexibility index (Phi) is 6.29. The molecule has 0 spiro atoms. The van der Waals surface area contributed by atoms with Crippen LogP contribution in [0.4, 0.5) is 4.79 Å². The van der Waals surface area contributed by atoms with Crippen LogP contribution in [0, 0.1) is 0 Å². The van der Waals surface area contributed by atoms with Crippen LogP contribution in [-0.2, 0) is 8.92 Å². The van der Waals surface area contributed by atoms with E-state index < -0.39 is 6.09 Å². The third kappa shape index (κ3) is 10.4. The minimum Gasteiger partial charge on any atom is -0.464 e. The Morgan fingerprint density at radius 1 is 1.24 bits per heavy atom. The van der Waals surface area contributed by atoms with E-state index in [1.807, 2.05) is 0 Å². The largest absolute Gasteiger partial charge is 0.464 e. The van der Waals surface area contributed by atoms with Crippen LogP contribution in [0.2, 0.25) is 0 Å². The zero-order chi connectivity index (χ0) is 13.7. The maximum atomic E-state index is 10.0. The Bertz CT molecular complexity index is 227. The highest BCUT2D eigenvalue weighted by Crippen LogP contribution is 2.18. The molecule has 0 atom stereocenters. The monoisotopic (exact) mass is 265 g/mol. The van der Waals surface area contributed by atoms with Gasteiger partial charge >= 0.3 is 6.09 Å². The number of hydrogen-bond donors (Lipinski definition) is 1. The molecule has 17 heavy (non-hydrogen) atoms. The van der Waals surface area contributed by atoms with E-state index in [-0.39, 0.29) is 11.2 Å². The molecule has 0 unspecified atom stereocenters. The average Bonchev–Trinajstić information content (AvgIpc) is 2.47. The fraction of sp³-hybridized carbons (Fsp3) is 0.909. The van der Waals surface area contributed by atoms with Gasteiger partial charge in [0.1, 0.15) is 12.2 Å². The lowest BCUT2D eigenvalue weighted by Gasteiger charge is -2.30. The van der Waals surface area contributed by atoms with Gasteiger partial charge in [-0.2, -0.15) is 0 Å². The first-order valence-electron chi connectivity index (χ1n) is 5.51. The second-order valence-electron chi connectivity index (χ2n) is 5.61. The highest BCUT2D eigenvalue weighted by Gasteiger charge is 2.20. The normalized spacial score (nSPS) is 16.5. The lowest BCUT2D eigenvalue weighted by Crippen LogP contribution is -2.31. The Morgan fingerprint density at radius 3 is 1.82 bits per heavy atom. The number of rotatable bonds is 0. The number of carboxylic acid groups (broad SMARTS) is 1. The molecule has 1 aliphatic heterocycles. The maximum absolute atomic E-state index is 10.0. The van der Waals surface area contributed by atoms with Crippen molar-refractivity contribution < 1.29 is 18.8 Å². The van der Waals surface area contributed by atoms with Gasteiger partial charge in [0.2, 0.25) is 0 Å². The van der Waals surface area contributed by atoms with E-state index in [0.29, 0.717) is 13.2 Å². The van der Waals surface area contributed by atoms with Crippen molar-refractivity contribution >= 4 is 18.3 Å². The van der Waals surface area contributed by atoms with Gasteiger partial charge in [0.15, 0.2) is 0 Å². The number of hydrogen-bond acceptors (Lipinski definition) is 4. The molecule has 1 saturated heterocycles. The summed E-state index contributed by atoms with van der Waals surface area (Å²) in [4.78, 5) is 10.0. The van der Waals surface area contributed by atoms with Gasteiger partial charge in [-0.1, -0.05) is 0 Å². The Labute approximate surface area is 108 Å². The molecule has 5 nitrogen and oxygen atoms in total. The quantitative estimate of drug-likeness (QED) is 0.538. The molecule has 1 aliphatic rings. The van der Waals surface area contributed by atoms with E-state index in [9.17, 15) is 4.79 Å². The van der Waals surface area contributed by atoms with Crippen molar-refractivity contribution in [2.75, 3.05) is 13.2 Å². The fourth-order valence-electron chi connectivity index (χ4n) is 1.30.